The van der Waals surface area contributed by atoms with Gasteiger partial charge in [-0.05, 0) is 47.0 Å². The quantitative estimate of drug-likeness (QED) is 0.419. The normalized spacial score (nSPS) is 11.1. The molecule has 3 aromatic carbocycles. The van der Waals surface area contributed by atoms with Crippen LogP contribution < -0.4 is 10.8 Å². The van der Waals surface area contributed by atoms with Gasteiger partial charge in [0.2, 0.25) is 5.91 Å². The third-order valence-corrected chi connectivity index (χ3v) is 4.38. The smallest absolute Gasteiger partial charge is 0.326 e. The number of hydrogen-bond acceptors (Lipinski definition) is 3. The maximum Gasteiger partial charge on any atom is 0.416 e. The number of amides is 2. The number of rotatable bonds is 5. The van der Waals surface area contributed by atoms with Crippen molar-refractivity contribution < 1.29 is 28.0 Å². The lowest BCUT2D eigenvalue weighted by molar-refractivity contribution is -0.137. The summed E-state index contributed by atoms with van der Waals surface area (Å²) < 4.78 is 37.9. The van der Waals surface area contributed by atoms with E-state index >= 15 is 0 Å². The maximum atomic E-state index is 12.6. The largest absolute Gasteiger partial charge is 0.416 e. The van der Waals surface area contributed by atoms with E-state index in [1.165, 1.54) is 24.3 Å². The van der Waals surface area contributed by atoms with Gasteiger partial charge in [-0.3, -0.25) is 14.8 Å². The molecule has 3 rings (SSSR count). The second-order valence-corrected chi connectivity index (χ2v) is 6.49. The molecule has 0 saturated carbocycles. The third kappa shape index (κ3) is 5.03. The number of hydroxylamine groups is 1. The summed E-state index contributed by atoms with van der Waals surface area (Å²) in [6, 6.07) is 17.8. The molecule has 0 spiro atoms. The van der Waals surface area contributed by atoms with Gasteiger partial charge in [-0.25, -0.2) is 5.48 Å². The fourth-order valence-corrected chi connectivity index (χ4v) is 2.94. The van der Waals surface area contributed by atoms with E-state index < -0.39 is 23.6 Å². The van der Waals surface area contributed by atoms with Crippen molar-refractivity contribution in [1.29, 1.82) is 0 Å². The number of nitrogens with one attached hydrogen (secondary N) is 2. The van der Waals surface area contributed by atoms with Gasteiger partial charge in [0, 0.05) is 11.3 Å². The van der Waals surface area contributed by atoms with E-state index in [0.29, 0.717) is 22.4 Å². The second kappa shape index (κ2) is 8.79. The second-order valence-electron chi connectivity index (χ2n) is 6.49. The molecule has 0 radical (unpaired) electrons. The van der Waals surface area contributed by atoms with Crippen molar-refractivity contribution in [2.24, 2.45) is 0 Å². The molecule has 0 aromatic heterocycles. The van der Waals surface area contributed by atoms with Crippen LogP contribution in [0.5, 0.6) is 0 Å². The first-order valence-electron chi connectivity index (χ1n) is 8.88. The number of benzene rings is 3. The molecule has 30 heavy (non-hydrogen) atoms. The van der Waals surface area contributed by atoms with Gasteiger partial charge in [0.15, 0.2) is 0 Å². The number of anilines is 1. The van der Waals surface area contributed by atoms with Gasteiger partial charge in [-0.2, -0.15) is 13.2 Å². The van der Waals surface area contributed by atoms with Crippen LogP contribution in [0.15, 0.2) is 72.8 Å². The Morgan fingerprint density at radius 1 is 0.900 bits per heavy atom. The fraction of sp³-hybridized carbons (Fsp3) is 0.0909. The van der Waals surface area contributed by atoms with Gasteiger partial charge >= 0.3 is 6.18 Å². The summed E-state index contributed by atoms with van der Waals surface area (Å²) in [6.45, 7) is 0. The van der Waals surface area contributed by atoms with Crippen molar-refractivity contribution in [3.63, 3.8) is 0 Å². The number of halogens is 3. The first-order valence-corrected chi connectivity index (χ1v) is 8.88. The van der Waals surface area contributed by atoms with Crippen LogP contribution in [-0.2, 0) is 17.4 Å². The van der Waals surface area contributed by atoms with Crippen LogP contribution in [0.1, 0.15) is 21.5 Å². The summed E-state index contributed by atoms with van der Waals surface area (Å²) in [5.74, 6) is -1.12. The van der Waals surface area contributed by atoms with Crippen molar-refractivity contribution in [3.8, 4) is 11.1 Å². The zero-order valence-corrected chi connectivity index (χ0v) is 15.5. The van der Waals surface area contributed by atoms with E-state index in [0.717, 1.165) is 12.1 Å². The Morgan fingerprint density at radius 2 is 1.57 bits per heavy atom. The van der Waals surface area contributed by atoms with Crippen molar-refractivity contribution in [2.45, 2.75) is 12.6 Å². The molecule has 0 bridgehead atoms. The van der Waals surface area contributed by atoms with Crippen LogP contribution in [0, 0.1) is 0 Å². The first-order chi connectivity index (χ1) is 14.3. The standard InChI is InChI=1S/C22H17F3N2O3/c23-22(24,25)16-8-6-14(7-9-16)12-20(28)26-17-10-11-18(21(29)27-30)19(13-17)15-4-2-1-3-5-15/h1-11,13,30H,12H2,(H,26,28)(H,27,29). The number of alkyl halides is 3. The molecule has 0 saturated heterocycles. The first kappa shape index (κ1) is 21.1. The Labute approximate surface area is 170 Å². The van der Waals surface area contributed by atoms with Crippen LogP contribution >= 0.6 is 0 Å². The Morgan fingerprint density at radius 3 is 2.17 bits per heavy atom. The third-order valence-electron chi connectivity index (χ3n) is 4.38. The molecule has 0 aliphatic carbocycles. The van der Waals surface area contributed by atoms with Crippen LogP contribution in [0.4, 0.5) is 18.9 Å². The van der Waals surface area contributed by atoms with Gasteiger partial charge in [-0.15, -0.1) is 0 Å². The molecular formula is C22H17F3N2O3. The zero-order chi connectivity index (χ0) is 21.7. The van der Waals surface area contributed by atoms with Crippen LogP contribution in [0.25, 0.3) is 11.1 Å². The minimum Gasteiger partial charge on any atom is -0.326 e. The molecule has 0 fully saturated rings. The van der Waals surface area contributed by atoms with E-state index in [2.05, 4.69) is 5.32 Å². The summed E-state index contributed by atoms with van der Waals surface area (Å²) in [7, 11) is 0. The zero-order valence-electron chi connectivity index (χ0n) is 15.5. The van der Waals surface area contributed by atoms with E-state index in [1.807, 2.05) is 6.07 Å². The molecule has 2 amide bonds. The molecule has 154 valence electrons. The fourth-order valence-electron chi connectivity index (χ4n) is 2.94. The minimum absolute atomic E-state index is 0.113. The molecule has 5 nitrogen and oxygen atoms in total. The molecule has 0 heterocycles. The predicted molar refractivity (Wildman–Crippen MR) is 105 cm³/mol. The predicted octanol–water partition coefficient (Wildman–Crippen LogP) is 4.67. The molecule has 8 heteroatoms. The highest BCUT2D eigenvalue weighted by Crippen LogP contribution is 2.29. The average molecular weight is 414 g/mol. The summed E-state index contributed by atoms with van der Waals surface area (Å²) in [5, 5.41) is 11.6. The van der Waals surface area contributed by atoms with Crippen LogP contribution in [0.3, 0.4) is 0 Å². The molecule has 0 atom stereocenters. The van der Waals surface area contributed by atoms with E-state index in [9.17, 15) is 22.8 Å². The highest BCUT2D eigenvalue weighted by Gasteiger charge is 2.30. The van der Waals surface area contributed by atoms with Crippen molar-refractivity contribution in [3.05, 3.63) is 89.5 Å². The molecule has 3 N–H and O–H groups in total. The Hall–Kier alpha value is -3.65. The monoisotopic (exact) mass is 414 g/mol. The van der Waals surface area contributed by atoms with E-state index in [4.69, 9.17) is 5.21 Å². The molecule has 0 aliphatic heterocycles. The van der Waals surface area contributed by atoms with Crippen LogP contribution in [0.2, 0.25) is 0 Å². The summed E-state index contributed by atoms with van der Waals surface area (Å²) in [6.07, 6.45) is -4.55. The highest BCUT2D eigenvalue weighted by molar-refractivity contribution is 6.02. The summed E-state index contributed by atoms with van der Waals surface area (Å²) >= 11 is 0. The number of hydrogen-bond donors (Lipinski definition) is 3. The lowest BCUT2D eigenvalue weighted by atomic mass is 9.98. The molecular weight excluding hydrogens is 397 g/mol. The minimum atomic E-state index is -4.43. The van der Waals surface area contributed by atoms with Crippen molar-refractivity contribution in [2.75, 3.05) is 5.32 Å². The molecule has 0 aliphatic rings. The van der Waals surface area contributed by atoms with Gasteiger partial charge in [-0.1, -0.05) is 42.5 Å². The Balaban J connectivity index is 1.79. The van der Waals surface area contributed by atoms with Gasteiger partial charge < -0.3 is 5.32 Å². The summed E-state index contributed by atoms with van der Waals surface area (Å²) in [4.78, 5) is 24.3. The topological polar surface area (TPSA) is 78.4 Å². The van der Waals surface area contributed by atoms with Gasteiger partial charge in [0.25, 0.3) is 5.91 Å². The average Bonchev–Trinajstić information content (AvgIpc) is 2.73. The Kier molecular flexibility index (Phi) is 6.17. The number of carbonyl (C=O) groups is 2. The lowest BCUT2D eigenvalue weighted by Crippen LogP contribution is -2.20. The number of carbonyl (C=O) groups excluding carboxylic acids is 2. The van der Waals surface area contributed by atoms with Gasteiger partial charge in [0.05, 0.1) is 12.0 Å². The van der Waals surface area contributed by atoms with Crippen LogP contribution in [-0.4, -0.2) is 17.0 Å². The summed E-state index contributed by atoms with van der Waals surface area (Å²) in [5.41, 5.74) is 3.06. The van der Waals surface area contributed by atoms with E-state index in [-0.39, 0.29) is 12.0 Å². The highest BCUT2D eigenvalue weighted by atomic mass is 19.4. The SMILES string of the molecule is O=C(Cc1ccc(C(F)(F)F)cc1)Nc1ccc(C(=O)NO)c(-c2ccccc2)c1. The Bertz CT molecular complexity index is 1050. The van der Waals surface area contributed by atoms with Gasteiger partial charge in [0.1, 0.15) is 0 Å². The van der Waals surface area contributed by atoms with Crippen molar-refractivity contribution >= 4 is 17.5 Å². The lowest BCUT2D eigenvalue weighted by Gasteiger charge is -2.12. The maximum absolute atomic E-state index is 12.6. The van der Waals surface area contributed by atoms with Crippen molar-refractivity contribution in [1.82, 2.24) is 5.48 Å². The molecule has 3 aromatic rings. The molecule has 0 unspecified atom stereocenters. The van der Waals surface area contributed by atoms with E-state index in [1.54, 1.807) is 35.8 Å².